The third-order valence-electron chi connectivity index (χ3n) is 4.07. The monoisotopic (exact) mass is 256 g/mol. The van der Waals surface area contributed by atoms with Gasteiger partial charge in [0.05, 0.1) is 5.60 Å². The van der Waals surface area contributed by atoms with Crippen LogP contribution in [0.15, 0.2) is 0 Å². The van der Waals surface area contributed by atoms with E-state index in [2.05, 4.69) is 55.4 Å². The average Bonchev–Trinajstić information content (AvgIpc) is 2.20. The molecule has 0 spiro atoms. The van der Waals surface area contributed by atoms with Gasteiger partial charge in [0, 0.05) is 6.61 Å². The zero-order valence-corrected chi connectivity index (χ0v) is 14.2. The van der Waals surface area contributed by atoms with Gasteiger partial charge in [0.25, 0.3) is 0 Å². The first kappa shape index (κ1) is 18.0. The molecule has 18 heavy (non-hydrogen) atoms. The normalized spacial score (nSPS) is 14.0. The molecule has 0 aromatic carbocycles. The van der Waals surface area contributed by atoms with Gasteiger partial charge in [0.2, 0.25) is 0 Å². The fourth-order valence-electron chi connectivity index (χ4n) is 2.30. The van der Waals surface area contributed by atoms with E-state index in [1.807, 2.05) is 0 Å². The minimum Gasteiger partial charge on any atom is -0.376 e. The summed E-state index contributed by atoms with van der Waals surface area (Å²) in [6.45, 7) is 19.0. The summed E-state index contributed by atoms with van der Waals surface area (Å²) in [7, 11) is 0. The van der Waals surface area contributed by atoms with Crippen molar-refractivity contribution in [3.8, 4) is 0 Å². The fourth-order valence-corrected chi connectivity index (χ4v) is 2.30. The minimum absolute atomic E-state index is 0.00273. The second kappa shape index (κ2) is 6.93. The Labute approximate surface area is 116 Å². The summed E-state index contributed by atoms with van der Waals surface area (Å²) >= 11 is 0. The van der Waals surface area contributed by atoms with E-state index in [9.17, 15) is 0 Å². The molecule has 0 aliphatic heterocycles. The van der Waals surface area contributed by atoms with Crippen molar-refractivity contribution in [2.24, 2.45) is 10.8 Å². The van der Waals surface area contributed by atoms with Crippen LogP contribution in [-0.4, -0.2) is 12.2 Å². The third-order valence-corrected chi connectivity index (χ3v) is 4.07. The van der Waals surface area contributed by atoms with E-state index in [0.29, 0.717) is 10.8 Å². The molecule has 0 heterocycles. The SMILES string of the molecule is CCC(CC)(CCOC(C)(C)C)CCC(C)(C)C. The standard InChI is InChI=1S/C17H36O/c1-9-17(10-2,12-11-15(3,4)5)13-14-18-16(6,7)8/h9-14H2,1-8H3. The van der Waals surface area contributed by atoms with Crippen molar-refractivity contribution >= 4 is 0 Å². The Bertz CT molecular complexity index is 213. The van der Waals surface area contributed by atoms with Crippen molar-refractivity contribution in [3.63, 3.8) is 0 Å². The molecule has 0 aliphatic rings. The van der Waals surface area contributed by atoms with Gasteiger partial charge in [0.1, 0.15) is 0 Å². The van der Waals surface area contributed by atoms with Crippen molar-refractivity contribution in [1.82, 2.24) is 0 Å². The van der Waals surface area contributed by atoms with Crippen molar-refractivity contribution < 1.29 is 4.74 Å². The van der Waals surface area contributed by atoms with Gasteiger partial charge >= 0.3 is 0 Å². The molecule has 0 aromatic heterocycles. The van der Waals surface area contributed by atoms with Crippen LogP contribution < -0.4 is 0 Å². The second-order valence-electron chi connectivity index (χ2n) is 7.98. The van der Waals surface area contributed by atoms with E-state index in [-0.39, 0.29) is 5.60 Å². The number of hydrogen-bond donors (Lipinski definition) is 0. The Morgan fingerprint density at radius 1 is 0.722 bits per heavy atom. The van der Waals surface area contributed by atoms with Crippen LogP contribution in [0.25, 0.3) is 0 Å². The number of hydrogen-bond acceptors (Lipinski definition) is 1. The van der Waals surface area contributed by atoms with Crippen LogP contribution in [0.1, 0.15) is 87.5 Å². The summed E-state index contributed by atoms with van der Waals surface area (Å²) in [6.07, 6.45) is 6.38. The van der Waals surface area contributed by atoms with Crippen LogP contribution in [0.5, 0.6) is 0 Å². The molecule has 0 amide bonds. The van der Waals surface area contributed by atoms with E-state index in [0.717, 1.165) is 6.61 Å². The average molecular weight is 256 g/mol. The molecule has 0 unspecified atom stereocenters. The van der Waals surface area contributed by atoms with Crippen LogP contribution in [0.4, 0.5) is 0 Å². The summed E-state index contributed by atoms with van der Waals surface area (Å²) in [6, 6.07) is 0. The van der Waals surface area contributed by atoms with Crippen molar-refractivity contribution in [1.29, 1.82) is 0 Å². The van der Waals surface area contributed by atoms with Gasteiger partial charge in [-0.15, -0.1) is 0 Å². The lowest BCUT2D eigenvalue weighted by molar-refractivity contribution is -0.0225. The maximum Gasteiger partial charge on any atom is 0.0598 e. The van der Waals surface area contributed by atoms with Crippen molar-refractivity contribution in [2.45, 2.75) is 93.1 Å². The molecule has 0 radical (unpaired) electrons. The summed E-state index contributed by atoms with van der Waals surface area (Å²) in [5.41, 5.74) is 0.927. The molecule has 1 heteroatoms. The summed E-state index contributed by atoms with van der Waals surface area (Å²) in [4.78, 5) is 0. The smallest absolute Gasteiger partial charge is 0.0598 e. The molecule has 0 fully saturated rings. The van der Waals surface area contributed by atoms with E-state index in [1.165, 1.54) is 32.1 Å². The Kier molecular flexibility index (Phi) is 6.92. The van der Waals surface area contributed by atoms with Gasteiger partial charge in [-0.25, -0.2) is 0 Å². The third kappa shape index (κ3) is 8.13. The van der Waals surface area contributed by atoms with E-state index >= 15 is 0 Å². The first-order valence-electron chi connectivity index (χ1n) is 7.67. The molecule has 0 saturated heterocycles. The predicted molar refractivity (Wildman–Crippen MR) is 82.0 cm³/mol. The Morgan fingerprint density at radius 2 is 1.22 bits per heavy atom. The molecular formula is C17H36O. The first-order chi connectivity index (χ1) is 8.04. The minimum atomic E-state index is -0.00273. The molecule has 0 N–H and O–H groups in total. The molecule has 0 bridgehead atoms. The molecule has 0 atom stereocenters. The highest BCUT2D eigenvalue weighted by Gasteiger charge is 2.28. The fraction of sp³-hybridized carbons (Fsp3) is 1.00. The summed E-state index contributed by atoms with van der Waals surface area (Å²) in [5.74, 6) is 0. The summed E-state index contributed by atoms with van der Waals surface area (Å²) in [5, 5.41) is 0. The van der Waals surface area contributed by atoms with Crippen LogP contribution in [0.3, 0.4) is 0 Å². The quantitative estimate of drug-likeness (QED) is 0.557. The van der Waals surface area contributed by atoms with Gasteiger partial charge in [-0.3, -0.25) is 0 Å². The van der Waals surface area contributed by atoms with Crippen LogP contribution >= 0.6 is 0 Å². The lowest BCUT2D eigenvalue weighted by Crippen LogP contribution is -2.27. The largest absolute Gasteiger partial charge is 0.376 e. The topological polar surface area (TPSA) is 9.23 Å². The number of rotatable bonds is 7. The molecular weight excluding hydrogens is 220 g/mol. The van der Waals surface area contributed by atoms with Crippen LogP contribution in [0.2, 0.25) is 0 Å². The molecule has 0 rings (SSSR count). The molecule has 0 aliphatic carbocycles. The van der Waals surface area contributed by atoms with Gasteiger partial charge in [-0.05, 0) is 50.9 Å². The summed E-state index contributed by atoms with van der Waals surface area (Å²) < 4.78 is 5.92. The Morgan fingerprint density at radius 3 is 1.56 bits per heavy atom. The zero-order valence-electron chi connectivity index (χ0n) is 14.2. The Balaban J connectivity index is 4.34. The zero-order chi connectivity index (χ0) is 14.4. The Hall–Kier alpha value is -0.0400. The van der Waals surface area contributed by atoms with E-state index in [1.54, 1.807) is 0 Å². The lowest BCUT2D eigenvalue weighted by Gasteiger charge is -2.35. The van der Waals surface area contributed by atoms with E-state index < -0.39 is 0 Å². The molecule has 0 aromatic rings. The predicted octanol–water partition coefficient (Wildman–Crippen LogP) is 5.82. The van der Waals surface area contributed by atoms with Crippen molar-refractivity contribution in [3.05, 3.63) is 0 Å². The molecule has 110 valence electrons. The molecule has 0 saturated carbocycles. The van der Waals surface area contributed by atoms with Gasteiger partial charge in [-0.1, -0.05) is 47.5 Å². The second-order valence-corrected chi connectivity index (χ2v) is 7.98. The first-order valence-corrected chi connectivity index (χ1v) is 7.67. The van der Waals surface area contributed by atoms with Gasteiger partial charge in [-0.2, -0.15) is 0 Å². The van der Waals surface area contributed by atoms with Gasteiger partial charge < -0.3 is 4.74 Å². The molecule has 1 nitrogen and oxygen atoms in total. The highest BCUT2D eigenvalue weighted by molar-refractivity contribution is 4.79. The maximum atomic E-state index is 5.92. The van der Waals surface area contributed by atoms with Gasteiger partial charge in [0.15, 0.2) is 0 Å². The maximum absolute atomic E-state index is 5.92. The van der Waals surface area contributed by atoms with E-state index in [4.69, 9.17) is 4.74 Å². The lowest BCUT2D eigenvalue weighted by atomic mass is 9.72. The number of ether oxygens (including phenoxy) is 1. The van der Waals surface area contributed by atoms with Crippen LogP contribution in [-0.2, 0) is 4.74 Å². The van der Waals surface area contributed by atoms with Crippen LogP contribution in [0, 0.1) is 10.8 Å². The van der Waals surface area contributed by atoms with Crippen molar-refractivity contribution in [2.75, 3.05) is 6.61 Å². The highest BCUT2D eigenvalue weighted by atomic mass is 16.5. The highest BCUT2D eigenvalue weighted by Crippen LogP contribution is 2.39.